The van der Waals surface area contributed by atoms with Crippen LogP contribution in [0.2, 0.25) is 0 Å². The molecule has 0 radical (unpaired) electrons. The van der Waals surface area contributed by atoms with E-state index in [0.29, 0.717) is 24.3 Å². The summed E-state index contributed by atoms with van der Waals surface area (Å²) in [4.78, 5) is 26.3. The normalized spacial score (nSPS) is 16.6. The zero-order valence-corrected chi connectivity index (χ0v) is 14.1. The molecule has 3 N–H and O–H groups in total. The lowest BCUT2D eigenvalue weighted by Crippen LogP contribution is -2.31. The summed E-state index contributed by atoms with van der Waals surface area (Å²) in [7, 11) is 0. The molecule has 2 heterocycles. The first-order valence-electron chi connectivity index (χ1n) is 7.55. The fourth-order valence-corrected chi connectivity index (χ4v) is 2.64. The average Bonchev–Trinajstić information content (AvgIpc) is 3.20. The minimum Gasteiger partial charge on any atom is -0.459 e. The Labute approximate surface area is 146 Å². The van der Waals surface area contributed by atoms with E-state index in [2.05, 4.69) is 5.32 Å². The van der Waals surface area contributed by atoms with Crippen LogP contribution in [-0.2, 0) is 0 Å². The van der Waals surface area contributed by atoms with Crippen LogP contribution in [0.15, 0.2) is 41.0 Å². The third-order valence-corrected chi connectivity index (χ3v) is 3.99. The summed E-state index contributed by atoms with van der Waals surface area (Å²) >= 11 is 0. The Bertz CT molecular complexity index is 731. The molecule has 1 aromatic carbocycles. The summed E-state index contributed by atoms with van der Waals surface area (Å²) in [5.74, 6) is -0.177. The van der Waals surface area contributed by atoms with Gasteiger partial charge in [0.2, 0.25) is 0 Å². The predicted molar refractivity (Wildman–Crippen MR) is 93.6 cm³/mol. The number of furan rings is 1. The van der Waals surface area contributed by atoms with Crippen molar-refractivity contribution >= 4 is 29.9 Å². The Kier molecular flexibility index (Phi) is 5.64. The van der Waals surface area contributed by atoms with Crippen LogP contribution in [0.4, 0.5) is 5.69 Å². The Morgan fingerprint density at radius 3 is 2.75 bits per heavy atom. The van der Waals surface area contributed by atoms with E-state index in [9.17, 15) is 9.59 Å². The number of benzene rings is 1. The highest BCUT2D eigenvalue weighted by Gasteiger charge is 2.25. The third kappa shape index (κ3) is 3.77. The molecule has 7 heteroatoms. The molecule has 0 spiro atoms. The van der Waals surface area contributed by atoms with Gasteiger partial charge in [0.15, 0.2) is 5.76 Å². The topological polar surface area (TPSA) is 88.6 Å². The number of nitrogens with zero attached hydrogens (tertiary/aromatic N) is 1. The maximum absolute atomic E-state index is 12.5. The molecule has 0 unspecified atom stereocenters. The summed E-state index contributed by atoms with van der Waals surface area (Å²) in [6, 6.07) is 8.57. The number of rotatable bonds is 3. The lowest BCUT2D eigenvalue weighted by atomic mass is 10.1. The van der Waals surface area contributed by atoms with Gasteiger partial charge in [-0.2, -0.15) is 0 Å². The number of hydrogen-bond donors (Lipinski definition) is 2. The van der Waals surface area contributed by atoms with Crippen molar-refractivity contribution in [2.75, 3.05) is 18.4 Å². The molecular formula is C17H20ClN3O3. The van der Waals surface area contributed by atoms with E-state index in [1.54, 1.807) is 29.2 Å². The number of nitrogens with one attached hydrogen (secondary N) is 1. The van der Waals surface area contributed by atoms with E-state index in [1.807, 2.05) is 13.0 Å². The second-order valence-electron chi connectivity index (χ2n) is 5.76. The van der Waals surface area contributed by atoms with Crippen molar-refractivity contribution in [1.29, 1.82) is 0 Å². The second kappa shape index (κ2) is 7.51. The number of carbonyl (C=O) groups is 2. The van der Waals surface area contributed by atoms with Crippen molar-refractivity contribution in [3.63, 3.8) is 0 Å². The molecule has 2 aromatic rings. The molecule has 1 aliphatic rings. The van der Waals surface area contributed by atoms with Gasteiger partial charge in [-0.1, -0.05) is 6.07 Å². The van der Waals surface area contributed by atoms with Crippen molar-refractivity contribution < 1.29 is 14.0 Å². The van der Waals surface area contributed by atoms with Gasteiger partial charge >= 0.3 is 0 Å². The van der Waals surface area contributed by atoms with Crippen LogP contribution in [0.1, 0.15) is 32.9 Å². The largest absolute Gasteiger partial charge is 0.459 e. The molecule has 1 atom stereocenters. The highest BCUT2D eigenvalue weighted by molar-refractivity contribution is 6.04. The van der Waals surface area contributed by atoms with Crippen molar-refractivity contribution in [2.24, 2.45) is 5.73 Å². The highest BCUT2D eigenvalue weighted by Crippen LogP contribution is 2.20. The molecule has 0 aliphatic carbocycles. The van der Waals surface area contributed by atoms with Gasteiger partial charge in [0, 0.05) is 30.4 Å². The number of nitrogens with two attached hydrogens (primary N) is 1. The molecular weight excluding hydrogens is 330 g/mol. The van der Waals surface area contributed by atoms with Crippen LogP contribution in [0.25, 0.3) is 0 Å². The van der Waals surface area contributed by atoms with E-state index in [-0.39, 0.29) is 36.0 Å². The van der Waals surface area contributed by atoms with Crippen LogP contribution in [0.5, 0.6) is 0 Å². The Hall–Kier alpha value is -2.31. The fraction of sp³-hybridized carbons (Fsp3) is 0.294. The number of halogens is 1. The molecule has 24 heavy (non-hydrogen) atoms. The van der Waals surface area contributed by atoms with Crippen LogP contribution in [0.3, 0.4) is 0 Å². The molecule has 0 saturated carbocycles. The van der Waals surface area contributed by atoms with Crippen LogP contribution < -0.4 is 11.1 Å². The van der Waals surface area contributed by atoms with Gasteiger partial charge < -0.3 is 20.4 Å². The molecule has 1 saturated heterocycles. The zero-order chi connectivity index (χ0) is 16.4. The maximum Gasteiger partial charge on any atom is 0.291 e. The van der Waals surface area contributed by atoms with Crippen molar-refractivity contribution in [3.8, 4) is 0 Å². The van der Waals surface area contributed by atoms with Crippen molar-refractivity contribution in [2.45, 2.75) is 19.4 Å². The van der Waals surface area contributed by atoms with E-state index in [0.717, 1.165) is 12.0 Å². The lowest BCUT2D eigenvalue weighted by molar-refractivity contribution is 0.0790. The third-order valence-electron chi connectivity index (χ3n) is 3.99. The average molecular weight is 350 g/mol. The molecule has 0 bridgehead atoms. The van der Waals surface area contributed by atoms with Crippen molar-refractivity contribution in [1.82, 2.24) is 4.90 Å². The monoisotopic (exact) mass is 349 g/mol. The molecule has 6 nitrogen and oxygen atoms in total. The number of anilines is 1. The van der Waals surface area contributed by atoms with Crippen LogP contribution in [-0.4, -0.2) is 35.8 Å². The lowest BCUT2D eigenvalue weighted by Gasteiger charge is -2.17. The summed E-state index contributed by atoms with van der Waals surface area (Å²) in [6.07, 6.45) is 2.26. The number of aryl methyl sites for hydroxylation is 1. The highest BCUT2D eigenvalue weighted by atomic mass is 35.5. The molecule has 1 fully saturated rings. The summed E-state index contributed by atoms with van der Waals surface area (Å²) in [5.41, 5.74) is 7.87. The SMILES string of the molecule is Cc1ccc(C(=O)N2CC[C@@H](N)C2)cc1NC(=O)c1ccco1.Cl. The molecule has 2 amide bonds. The number of likely N-dealkylation sites (tertiary alicyclic amines) is 1. The van der Waals surface area contributed by atoms with Gasteiger partial charge in [-0.15, -0.1) is 12.4 Å². The van der Waals surface area contributed by atoms with Gasteiger partial charge in [-0.05, 0) is 43.2 Å². The molecule has 1 aliphatic heterocycles. The van der Waals surface area contributed by atoms with E-state index >= 15 is 0 Å². The summed E-state index contributed by atoms with van der Waals surface area (Å²) < 4.78 is 5.08. The Morgan fingerprint density at radius 2 is 2.12 bits per heavy atom. The van der Waals surface area contributed by atoms with Gasteiger partial charge in [-0.3, -0.25) is 9.59 Å². The Balaban J connectivity index is 0.00000208. The maximum atomic E-state index is 12.5. The predicted octanol–water partition coefficient (Wildman–Crippen LogP) is 2.44. The first kappa shape index (κ1) is 18.0. The first-order chi connectivity index (χ1) is 11.0. The minimum atomic E-state index is -0.342. The molecule has 1 aromatic heterocycles. The number of amides is 2. The number of hydrogen-bond acceptors (Lipinski definition) is 4. The minimum absolute atomic E-state index is 0. The van der Waals surface area contributed by atoms with Crippen LogP contribution in [0, 0.1) is 6.92 Å². The van der Waals surface area contributed by atoms with Gasteiger partial charge in [-0.25, -0.2) is 0 Å². The van der Waals surface area contributed by atoms with E-state index in [1.165, 1.54) is 6.26 Å². The fourth-order valence-electron chi connectivity index (χ4n) is 2.64. The smallest absolute Gasteiger partial charge is 0.291 e. The van der Waals surface area contributed by atoms with Crippen molar-refractivity contribution in [3.05, 3.63) is 53.5 Å². The van der Waals surface area contributed by atoms with E-state index in [4.69, 9.17) is 10.2 Å². The molecule has 128 valence electrons. The zero-order valence-electron chi connectivity index (χ0n) is 13.3. The quantitative estimate of drug-likeness (QED) is 0.890. The first-order valence-corrected chi connectivity index (χ1v) is 7.55. The van der Waals surface area contributed by atoms with E-state index < -0.39 is 0 Å². The molecule has 3 rings (SSSR count). The van der Waals surface area contributed by atoms with Crippen LogP contribution >= 0.6 is 12.4 Å². The summed E-state index contributed by atoms with van der Waals surface area (Å²) in [6.45, 7) is 3.11. The Morgan fingerprint density at radius 1 is 1.33 bits per heavy atom. The standard InChI is InChI=1S/C17H19N3O3.ClH/c1-11-4-5-12(17(22)20-7-6-13(18)10-20)9-14(11)19-16(21)15-3-2-8-23-15;/h2-5,8-9,13H,6-7,10,18H2,1H3,(H,19,21);1H/t13-;/m1./s1. The van der Waals surface area contributed by atoms with Gasteiger partial charge in [0.25, 0.3) is 11.8 Å². The van der Waals surface area contributed by atoms with Gasteiger partial charge in [0.05, 0.1) is 6.26 Å². The number of carbonyl (C=O) groups excluding carboxylic acids is 2. The summed E-state index contributed by atoms with van der Waals surface area (Å²) in [5, 5.41) is 2.78. The second-order valence-corrected chi connectivity index (χ2v) is 5.76. The van der Waals surface area contributed by atoms with Gasteiger partial charge in [0.1, 0.15) is 0 Å².